The van der Waals surface area contributed by atoms with Gasteiger partial charge >= 0.3 is 0 Å². The molecule has 0 amide bonds. The van der Waals surface area contributed by atoms with E-state index in [2.05, 4.69) is 60.1 Å². The average Bonchev–Trinajstić information content (AvgIpc) is 2.49. The Morgan fingerprint density at radius 1 is 0.900 bits per heavy atom. The van der Waals surface area contributed by atoms with Crippen LogP contribution in [0.25, 0.3) is 22.5 Å². The molecule has 0 fully saturated rings. The molecule has 0 unspecified atom stereocenters. The van der Waals surface area contributed by atoms with Crippen LogP contribution in [0.5, 0.6) is 0 Å². The molecule has 0 aliphatic rings. The Morgan fingerprint density at radius 3 is 2.40 bits per heavy atom. The van der Waals surface area contributed by atoms with Crippen molar-refractivity contribution in [1.29, 1.82) is 0 Å². The number of aromatic nitrogens is 2. The Labute approximate surface area is 119 Å². The number of benzene rings is 1. The van der Waals surface area contributed by atoms with Gasteiger partial charge in [0.2, 0.25) is 5.69 Å². The normalized spacial score (nSPS) is 10.5. The average molecular weight is 261 g/mol. The lowest BCUT2D eigenvalue weighted by atomic mass is 9.98. The highest BCUT2D eigenvalue weighted by molar-refractivity contribution is 5.79. The Morgan fingerprint density at radius 2 is 1.65 bits per heavy atom. The molecule has 3 aromatic rings. The van der Waals surface area contributed by atoms with E-state index in [0.29, 0.717) is 0 Å². The predicted molar refractivity (Wildman–Crippen MR) is 81.0 cm³/mol. The highest BCUT2D eigenvalue weighted by atomic mass is 14.9. The van der Waals surface area contributed by atoms with Crippen LogP contribution < -0.4 is 4.57 Å². The van der Waals surface area contributed by atoms with Gasteiger partial charge in [-0.25, -0.2) is 4.57 Å². The number of rotatable bonds is 2. The van der Waals surface area contributed by atoms with Gasteiger partial charge in [-0.15, -0.1) is 0 Å². The molecule has 0 saturated carbocycles. The highest BCUT2D eigenvalue weighted by Crippen LogP contribution is 2.30. The van der Waals surface area contributed by atoms with Gasteiger partial charge < -0.3 is 0 Å². The van der Waals surface area contributed by atoms with E-state index in [1.807, 2.05) is 30.5 Å². The summed E-state index contributed by atoms with van der Waals surface area (Å²) in [6, 6.07) is 18.6. The third kappa shape index (κ3) is 2.21. The quantitative estimate of drug-likeness (QED) is 0.645. The lowest BCUT2D eigenvalue weighted by Crippen LogP contribution is -2.30. The minimum atomic E-state index is 1.03. The van der Waals surface area contributed by atoms with Crippen molar-refractivity contribution < 1.29 is 4.57 Å². The summed E-state index contributed by atoms with van der Waals surface area (Å²) in [4.78, 5) is 4.61. The fourth-order valence-corrected chi connectivity index (χ4v) is 2.48. The van der Waals surface area contributed by atoms with Crippen LogP contribution in [0.2, 0.25) is 0 Å². The molecule has 0 saturated heterocycles. The molecule has 3 rings (SSSR count). The van der Waals surface area contributed by atoms with E-state index in [0.717, 1.165) is 11.3 Å². The summed E-state index contributed by atoms with van der Waals surface area (Å²) in [6.45, 7) is 2.14. The van der Waals surface area contributed by atoms with Crippen molar-refractivity contribution in [2.75, 3.05) is 0 Å². The molecule has 2 aromatic heterocycles. The second-order valence-electron chi connectivity index (χ2n) is 4.91. The maximum atomic E-state index is 4.61. The first kappa shape index (κ1) is 12.5. The lowest BCUT2D eigenvalue weighted by molar-refractivity contribution is -0.660. The molecule has 0 aliphatic heterocycles. The first-order chi connectivity index (χ1) is 9.77. The van der Waals surface area contributed by atoms with Crippen LogP contribution in [-0.4, -0.2) is 4.98 Å². The van der Waals surface area contributed by atoms with Crippen LogP contribution in [0.3, 0.4) is 0 Å². The fourth-order valence-electron chi connectivity index (χ4n) is 2.48. The van der Waals surface area contributed by atoms with Crippen LogP contribution in [0, 0.1) is 6.92 Å². The molecule has 0 bridgehead atoms. The van der Waals surface area contributed by atoms with Gasteiger partial charge in [0.25, 0.3) is 0 Å². The van der Waals surface area contributed by atoms with Gasteiger partial charge in [0.05, 0.1) is 11.3 Å². The number of aryl methyl sites for hydroxylation is 2. The molecule has 0 radical (unpaired) electrons. The summed E-state index contributed by atoms with van der Waals surface area (Å²) >= 11 is 0. The highest BCUT2D eigenvalue weighted by Gasteiger charge is 2.17. The van der Waals surface area contributed by atoms with E-state index in [-0.39, 0.29) is 0 Å². The molecule has 2 nitrogen and oxygen atoms in total. The second-order valence-corrected chi connectivity index (χ2v) is 4.91. The van der Waals surface area contributed by atoms with Gasteiger partial charge in [-0.1, -0.05) is 30.3 Å². The monoisotopic (exact) mass is 261 g/mol. The van der Waals surface area contributed by atoms with Crippen LogP contribution >= 0.6 is 0 Å². The maximum Gasteiger partial charge on any atom is 0.214 e. The van der Waals surface area contributed by atoms with Crippen LogP contribution in [0.4, 0.5) is 0 Å². The largest absolute Gasteiger partial charge is 0.255 e. The zero-order valence-corrected chi connectivity index (χ0v) is 11.7. The Balaban J connectivity index is 2.29. The molecule has 0 atom stereocenters. The van der Waals surface area contributed by atoms with Gasteiger partial charge in [-0.3, -0.25) is 4.98 Å². The summed E-state index contributed by atoms with van der Waals surface area (Å²) in [6.07, 6.45) is 3.95. The minimum absolute atomic E-state index is 1.03. The zero-order chi connectivity index (χ0) is 13.9. The summed E-state index contributed by atoms with van der Waals surface area (Å²) in [5, 5.41) is 0. The van der Waals surface area contributed by atoms with Crippen molar-refractivity contribution in [2.45, 2.75) is 6.92 Å². The molecule has 0 spiro atoms. The summed E-state index contributed by atoms with van der Waals surface area (Å²) in [5.41, 5.74) is 5.79. The molecule has 2 heterocycles. The van der Waals surface area contributed by atoms with Crippen LogP contribution in [-0.2, 0) is 7.05 Å². The van der Waals surface area contributed by atoms with Crippen molar-refractivity contribution >= 4 is 0 Å². The molecule has 20 heavy (non-hydrogen) atoms. The van der Waals surface area contributed by atoms with Crippen molar-refractivity contribution in [3.63, 3.8) is 0 Å². The van der Waals surface area contributed by atoms with Crippen molar-refractivity contribution in [2.24, 2.45) is 7.05 Å². The third-order valence-corrected chi connectivity index (χ3v) is 3.52. The predicted octanol–water partition coefficient (Wildman–Crippen LogP) is 3.55. The smallest absolute Gasteiger partial charge is 0.214 e. The molecular weight excluding hydrogens is 244 g/mol. The summed E-state index contributed by atoms with van der Waals surface area (Å²) in [7, 11) is 2.07. The second kappa shape index (κ2) is 5.25. The number of nitrogens with zero attached hydrogens (tertiary/aromatic N) is 2. The Hall–Kier alpha value is -2.48. The van der Waals surface area contributed by atoms with E-state index in [1.54, 1.807) is 0 Å². The van der Waals surface area contributed by atoms with Gasteiger partial charge in [0.1, 0.15) is 7.05 Å². The first-order valence-corrected chi connectivity index (χ1v) is 6.73. The Kier molecular flexibility index (Phi) is 3.30. The Bertz CT molecular complexity index is 733. The zero-order valence-electron chi connectivity index (χ0n) is 11.7. The van der Waals surface area contributed by atoms with E-state index in [9.17, 15) is 0 Å². The number of hydrogen-bond donors (Lipinski definition) is 0. The van der Waals surface area contributed by atoms with Gasteiger partial charge in [-0.2, -0.15) is 0 Å². The van der Waals surface area contributed by atoms with Crippen LogP contribution in [0.1, 0.15) is 5.56 Å². The van der Waals surface area contributed by atoms with Crippen molar-refractivity contribution in [1.82, 2.24) is 4.98 Å². The van der Waals surface area contributed by atoms with Gasteiger partial charge in [0.15, 0.2) is 6.20 Å². The summed E-state index contributed by atoms with van der Waals surface area (Å²) < 4.78 is 2.14. The van der Waals surface area contributed by atoms with E-state index in [1.165, 1.54) is 16.8 Å². The molecule has 0 aliphatic carbocycles. The first-order valence-electron chi connectivity index (χ1n) is 6.73. The van der Waals surface area contributed by atoms with Crippen molar-refractivity contribution in [3.05, 3.63) is 72.6 Å². The van der Waals surface area contributed by atoms with Gasteiger partial charge in [0, 0.05) is 23.9 Å². The standard InChI is InChI=1S/C18H17N2/c1-14-11-12-19-18(15-8-4-3-5-9-15)17(14)16-10-6-7-13-20(16)2/h3-13H,1-2H3/q+1. The SMILES string of the molecule is Cc1ccnc(-c2ccccc2)c1-c1cccc[n+]1C. The van der Waals surface area contributed by atoms with E-state index in [4.69, 9.17) is 0 Å². The van der Waals surface area contributed by atoms with E-state index < -0.39 is 0 Å². The lowest BCUT2D eigenvalue weighted by Gasteiger charge is -2.10. The van der Waals surface area contributed by atoms with Crippen molar-refractivity contribution in [3.8, 4) is 22.5 Å². The van der Waals surface area contributed by atoms with Crippen LogP contribution in [0.15, 0.2) is 67.0 Å². The summed E-state index contributed by atoms with van der Waals surface area (Å²) in [5.74, 6) is 0. The molecular formula is C18H17N2+. The maximum absolute atomic E-state index is 4.61. The number of hydrogen-bond acceptors (Lipinski definition) is 1. The van der Waals surface area contributed by atoms with Gasteiger partial charge in [-0.05, 0) is 24.6 Å². The third-order valence-electron chi connectivity index (χ3n) is 3.52. The molecule has 0 N–H and O–H groups in total. The molecule has 98 valence electrons. The molecule has 2 heteroatoms. The number of pyridine rings is 2. The minimum Gasteiger partial charge on any atom is -0.255 e. The van der Waals surface area contributed by atoms with E-state index >= 15 is 0 Å². The molecule has 1 aromatic carbocycles. The fraction of sp³-hybridized carbons (Fsp3) is 0.111. The topological polar surface area (TPSA) is 16.8 Å².